The fourth-order valence-corrected chi connectivity index (χ4v) is 4.90. The Hall–Kier alpha value is -1.99. The van der Waals surface area contributed by atoms with Gasteiger partial charge in [0.2, 0.25) is 5.91 Å². The van der Waals surface area contributed by atoms with Crippen LogP contribution in [0.4, 0.5) is 5.13 Å². The first-order chi connectivity index (χ1) is 14.6. The number of anilines is 1. The number of hydrogen-bond donors (Lipinski definition) is 0. The molecule has 0 atom stereocenters. The van der Waals surface area contributed by atoms with Gasteiger partial charge in [0, 0.05) is 31.2 Å². The van der Waals surface area contributed by atoms with Gasteiger partial charge in [-0.2, -0.15) is 0 Å². The number of benzene rings is 2. The molecule has 2 aromatic carbocycles. The van der Waals surface area contributed by atoms with E-state index in [9.17, 15) is 4.79 Å². The molecule has 0 N–H and O–H groups in total. The van der Waals surface area contributed by atoms with Gasteiger partial charge in [0.1, 0.15) is 0 Å². The number of nitrogens with zero attached hydrogens (tertiary/aromatic N) is 3. The standard InChI is InChI=1S/C23H26ClN3O2S/c1-17-19(24)8-9-20-22(17)25-23(30-20)27(11-5-10-26-12-14-29-15-13-26)21(28)16-18-6-3-2-4-7-18/h2-4,6-9H,5,10-16H2,1H3. The van der Waals surface area contributed by atoms with Gasteiger partial charge in [0.15, 0.2) is 5.13 Å². The van der Waals surface area contributed by atoms with Crippen molar-refractivity contribution in [3.63, 3.8) is 0 Å². The Morgan fingerprint density at radius 1 is 1.20 bits per heavy atom. The molecule has 1 amide bonds. The zero-order valence-electron chi connectivity index (χ0n) is 17.1. The van der Waals surface area contributed by atoms with Crippen molar-refractivity contribution in [1.29, 1.82) is 0 Å². The van der Waals surface area contributed by atoms with Crippen LogP contribution in [0.5, 0.6) is 0 Å². The van der Waals surface area contributed by atoms with Crippen molar-refractivity contribution in [2.75, 3.05) is 44.3 Å². The lowest BCUT2D eigenvalue weighted by atomic mass is 10.1. The number of thiazole rings is 1. The predicted octanol–water partition coefficient (Wildman–Crippen LogP) is 4.56. The van der Waals surface area contributed by atoms with Gasteiger partial charge in [-0.1, -0.05) is 53.3 Å². The molecule has 0 bridgehead atoms. The maximum absolute atomic E-state index is 13.3. The minimum absolute atomic E-state index is 0.0750. The van der Waals surface area contributed by atoms with E-state index >= 15 is 0 Å². The average Bonchev–Trinajstić information content (AvgIpc) is 3.20. The van der Waals surface area contributed by atoms with Gasteiger partial charge >= 0.3 is 0 Å². The van der Waals surface area contributed by atoms with Crippen molar-refractivity contribution < 1.29 is 9.53 Å². The summed E-state index contributed by atoms with van der Waals surface area (Å²) in [6.45, 7) is 7.06. The lowest BCUT2D eigenvalue weighted by molar-refractivity contribution is -0.118. The third-order valence-corrected chi connectivity index (χ3v) is 6.88. The summed E-state index contributed by atoms with van der Waals surface area (Å²) < 4.78 is 6.48. The number of amides is 1. The largest absolute Gasteiger partial charge is 0.379 e. The third-order valence-electron chi connectivity index (χ3n) is 5.43. The summed E-state index contributed by atoms with van der Waals surface area (Å²) in [4.78, 5) is 22.3. The molecule has 5 nitrogen and oxygen atoms in total. The van der Waals surface area contributed by atoms with Crippen molar-refractivity contribution in [2.45, 2.75) is 19.8 Å². The van der Waals surface area contributed by atoms with Gasteiger partial charge in [-0.15, -0.1) is 0 Å². The van der Waals surface area contributed by atoms with Gasteiger partial charge < -0.3 is 4.74 Å². The molecular weight excluding hydrogens is 418 g/mol. The molecule has 0 spiro atoms. The molecule has 0 saturated carbocycles. The van der Waals surface area contributed by atoms with Crippen LogP contribution in [0.1, 0.15) is 17.5 Å². The monoisotopic (exact) mass is 443 g/mol. The fourth-order valence-electron chi connectivity index (χ4n) is 3.67. The molecule has 4 rings (SSSR count). The highest BCUT2D eigenvalue weighted by molar-refractivity contribution is 7.22. The Morgan fingerprint density at radius 3 is 2.73 bits per heavy atom. The first kappa shape index (κ1) is 21.2. The number of rotatable bonds is 7. The zero-order valence-corrected chi connectivity index (χ0v) is 18.7. The number of fused-ring (bicyclic) bond motifs is 1. The molecule has 0 radical (unpaired) electrons. The molecule has 7 heteroatoms. The highest BCUT2D eigenvalue weighted by atomic mass is 35.5. The van der Waals surface area contributed by atoms with Crippen LogP contribution in [0.25, 0.3) is 10.2 Å². The van der Waals surface area contributed by atoms with Gasteiger partial charge in [0.05, 0.1) is 29.9 Å². The number of carbonyl (C=O) groups is 1. The van der Waals surface area contributed by atoms with E-state index in [1.165, 1.54) is 0 Å². The Labute approximate surface area is 186 Å². The summed E-state index contributed by atoms with van der Waals surface area (Å²) in [6, 6.07) is 13.8. The molecule has 0 unspecified atom stereocenters. The quantitative estimate of drug-likeness (QED) is 0.537. The van der Waals surface area contributed by atoms with Crippen molar-refractivity contribution in [3.05, 3.63) is 58.6 Å². The second kappa shape index (κ2) is 9.88. The van der Waals surface area contributed by atoms with Crippen LogP contribution in [-0.4, -0.2) is 55.2 Å². The molecular formula is C23H26ClN3O2S. The van der Waals surface area contributed by atoms with Crippen LogP contribution in [0, 0.1) is 6.92 Å². The van der Waals surface area contributed by atoms with E-state index in [4.69, 9.17) is 21.3 Å². The molecule has 158 valence electrons. The van der Waals surface area contributed by atoms with E-state index in [1.807, 2.05) is 54.3 Å². The maximum atomic E-state index is 13.3. The number of hydrogen-bond acceptors (Lipinski definition) is 5. The number of ether oxygens (including phenoxy) is 1. The first-order valence-electron chi connectivity index (χ1n) is 10.3. The van der Waals surface area contributed by atoms with E-state index in [2.05, 4.69) is 4.90 Å². The van der Waals surface area contributed by atoms with E-state index in [0.717, 1.165) is 65.7 Å². The molecule has 2 heterocycles. The highest BCUT2D eigenvalue weighted by Crippen LogP contribution is 2.34. The van der Waals surface area contributed by atoms with Crippen LogP contribution in [0.3, 0.4) is 0 Å². The highest BCUT2D eigenvalue weighted by Gasteiger charge is 2.21. The summed E-state index contributed by atoms with van der Waals surface area (Å²) in [6.07, 6.45) is 1.27. The van der Waals surface area contributed by atoms with Gasteiger partial charge in [-0.05, 0) is 36.6 Å². The third kappa shape index (κ3) is 5.01. The zero-order chi connectivity index (χ0) is 20.9. The molecule has 1 aliphatic heterocycles. The predicted molar refractivity (Wildman–Crippen MR) is 124 cm³/mol. The lowest BCUT2D eigenvalue weighted by Crippen LogP contribution is -2.39. The number of aromatic nitrogens is 1. The minimum Gasteiger partial charge on any atom is -0.379 e. The fraction of sp³-hybridized carbons (Fsp3) is 0.391. The van der Waals surface area contributed by atoms with Crippen LogP contribution in [0.2, 0.25) is 5.02 Å². The van der Waals surface area contributed by atoms with Crippen molar-refractivity contribution in [3.8, 4) is 0 Å². The summed E-state index contributed by atoms with van der Waals surface area (Å²) in [5.74, 6) is 0.0750. The number of halogens is 1. The minimum atomic E-state index is 0.0750. The maximum Gasteiger partial charge on any atom is 0.233 e. The Kier molecular flexibility index (Phi) is 7.00. The molecule has 1 aliphatic rings. The van der Waals surface area contributed by atoms with Crippen molar-refractivity contribution in [1.82, 2.24) is 9.88 Å². The molecule has 1 saturated heterocycles. The Bertz CT molecular complexity index is 1000. The van der Waals surface area contributed by atoms with Crippen LogP contribution >= 0.6 is 22.9 Å². The number of carbonyl (C=O) groups excluding carboxylic acids is 1. The van der Waals surface area contributed by atoms with Crippen LogP contribution < -0.4 is 4.90 Å². The average molecular weight is 444 g/mol. The van der Waals surface area contributed by atoms with Crippen LogP contribution in [0.15, 0.2) is 42.5 Å². The smallest absolute Gasteiger partial charge is 0.233 e. The second-order valence-corrected chi connectivity index (χ2v) is 8.95. The summed E-state index contributed by atoms with van der Waals surface area (Å²) in [7, 11) is 0. The number of morpholine rings is 1. The number of aryl methyl sites for hydroxylation is 1. The molecule has 3 aromatic rings. The summed E-state index contributed by atoms with van der Waals surface area (Å²) >= 11 is 7.84. The summed E-state index contributed by atoms with van der Waals surface area (Å²) in [5, 5.41) is 1.45. The van der Waals surface area contributed by atoms with E-state index < -0.39 is 0 Å². The topological polar surface area (TPSA) is 45.7 Å². The van der Waals surface area contributed by atoms with Gasteiger partial charge in [-0.3, -0.25) is 14.6 Å². The normalized spacial score (nSPS) is 14.9. The summed E-state index contributed by atoms with van der Waals surface area (Å²) in [5.41, 5.74) is 2.86. The van der Waals surface area contributed by atoms with Gasteiger partial charge in [-0.25, -0.2) is 4.98 Å². The Morgan fingerprint density at radius 2 is 1.97 bits per heavy atom. The van der Waals surface area contributed by atoms with Crippen molar-refractivity contribution >= 4 is 44.2 Å². The van der Waals surface area contributed by atoms with Crippen LogP contribution in [-0.2, 0) is 16.0 Å². The SMILES string of the molecule is Cc1c(Cl)ccc2sc(N(CCCN3CCOCC3)C(=O)Cc3ccccc3)nc12. The van der Waals surface area contributed by atoms with E-state index in [-0.39, 0.29) is 5.91 Å². The van der Waals surface area contributed by atoms with E-state index in [0.29, 0.717) is 18.0 Å². The molecule has 1 aromatic heterocycles. The van der Waals surface area contributed by atoms with Crippen molar-refractivity contribution in [2.24, 2.45) is 0 Å². The first-order valence-corrected chi connectivity index (χ1v) is 11.5. The second-order valence-electron chi connectivity index (χ2n) is 7.53. The Balaban J connectivity index is 1.54. The molecule has 0 aliphatic carbocycles. The van der Waals surface area contributed by atoms with Gasteiger partial charge in [0.25, 0.3) is 0 Å². The molecule has 30 heavy (non-hydrogen) atoms. The lowest BCUT2D eigenvalue weighted by Gasteiger charge is -2.27. The van der Waals surface area contributed by atoms with E-state index in [1.54, 1.807) is 11.3 Å². The molecule has 1 fully saturated rings.